The largest absolute Gasteiger partial charge is 0.378 e. The Morgan fingerprint density at radius 3 is 2.77 bits per heavy atom. The van der Waals surface area contributed by atoms with Crippen molar-refractivity contribution in [3.8, 4) is 0 Å². The van der Waals surface area contributed by atoms with E-state index in [4.69, 9.17) is 4.74 Å². The highest BCUT2D eigenvalue weighted by molar-refractivity contribution is 5.76. The van der Waals surface area contributed by atoms with E-state index in [9.17, 15) is 4.79 Å². The third kappa shape index (κ3) is 2.79. The van der Waals surface area contributed by atoms with Crippen molar-refractivity contribution >= 4 is 5.91 Å². The van der Waals surface area contributed by atoms with Gasteiger partial charge in [-0.2, -0.15) is 0 Å². The summed E-state index contributed by atoms with van der Waals surface area (Å²) < 4.78 is 6.30. The van der Waals surface area contributed by atoms with Crippen molar-refractivity contribution in [3.63, 3.8) is 0 Å². The summed E-state index contributed by atoms with van der Waals surface area (Å²) in [6, 6.07) is 11.0. The summed E-state index contributed by atoms with van der Waals surface area (Å²) in [5.74, 6) is 1.50. The van der Waals surface area contributed by atoms with Crippen LogP contribution >= 0.6 is 0 Å². The van der Waals surface area contributed by atoms with Crippen LogP contribution in [0.25, 0.3) is 0 Å². The van der Waals surface area contributed by atoms with Gasteiger partial charge in [-0.1, -0.05) is 51.1 Å². The molecule has 2 bridgehead atoms. The number of hydrogen-bond donors (Lipinski definition) is 1. The van der Waals surface area contributed by atoms with Gasteiger partial charge in [0.25, 0.3) is 0 Å². The predicted octanol–water partition coefficient (Wildman–Crippen LogP) is 4.36. The third-order valence-electron chi connectivity index (χ3n) is 7.68. The minimum Gasteiger partial charge on any atom is -0.378 e. The van der Waals surface area contributed by atoms with Crippen LogP contribution < -0.4 is 5.32 Å². The molecular formula is C23H33NO2. The molecule has 1 unspecified atom stereocenters. The average molecular weight is 356 g/mol. The summed E-state index contributed by atoms with van der Waals surface area (Å²) in [5.41, 5.74) is 1.78. The van der Waals surface area contributed by atoms with Gasteiger partial charge in [0.15, 0.2) is 0 Å². The third-order valence-corrected chi connectivity index (χ3v) is 7.68. The van der Waals surface area contributed by atoms with Crippen LogP contribution in [0, 0.1) is 22.7 Å². The van der Waals surface area contributed by atoms with Crippen molar-refractivity contribution in [2.45, 2.75) is 71.4 Å². The molecule has 26 heavy (non-hydrogen) atoms. The molecule has 1 N–H and O–H groups in total. The molecule has 1 spiro atoms. The van der Waals surface area contributed by atoms with Crippen molar-refractivity contribution in [2.75, 3.05) is 6.61 Å². The number of carbonyl (C=O) groups is 1. The number of benzene rings is 1. The second-order valence-electron chi connectivity index (χ2n) is 9.40. The number of carbonyl (C=O) groups excluding carboxylic acids is 1. The molecule has 1 amide bonds. The number of amides is 1. The van der Waals surface area contributed by atoms with Crippen molar-refractivity contribution < 1.29 is 9.53 Å². The van der Waals surface area contributed by atoms with Crippen molar-refractivity contribution in [2.24, 2.45) is 22.7 Å². The molecule has 142 valence electrons. The van der Waals surface area contributed by atoms with Crippen LogP contribution in [0.1, 0.15) is 58.4 Å². The van der Waals surface area contributed by atoms with E-state index in [-0.39, 0.29) is 22.8 Å². The summed E-state index contributed by atoms with van der Waals surface area (Å²) in [4.78, 5) is 12.5. The Kier molecular flexibility index (Phi) is 4.63. The normalized spacial score (nSPS) is 37.3. The number of rotatable bonds is 5. The van der Waals surface area contributed by atoms with Gasteiger partial charge >= 0.3 is 0 Å². The highest BCUT2D eigenvalue weighted by atomic mass is 16.5. The number of nitrogens with one attached hydrogen (secondary N) is 1. The number of ether oxygens (including phenoxy) is 1. The Bertz CT molecular complexity index is 655. The van der Waals surface area contributed by atoms with Gasteiger partial charge in [-0.05, 0) is 60.3 Å². The van der Waals surface area contributed by atoms with Crippen LogP contribution in [0.2, 0.25) is 0 Å². The molecule has 4 rings (SSSR count). The fraction of sp³-hybridized carbons (Fsp3) is 0.696. The predicted molar refractivity (Wildman–Crippen MR) is 104 cm³/mol. The molecule has 3 nitrogen and oxygen atoms in total. The van der Waals surface area contributed by atoms with Crippen LogP contribution in [-0.2, 0) is 16.0 Å². The molecule has 0 radical (unpaired) electrons. The molecule has 1 heterocycles. The average Bonchev–Trinajstić information content (AvgIpc) is 3.10. The van der Waals surface area contributed by atoms with E-state index in [1.807, 2.05) is 0 Å². The maximum atomic E-state index is 12.5. The number of fused-ring (bicyclic) bond motifs is 1. The lowest BCUT2D eigenvalue weighted by molar-refractivity contribution is -0.136. The fourth-order valence-electron chi connectivity index (χ4n) is 6.42. The van der Waals surface area contributed by atoms with Crippen LogP contribution in [0.4, 0.5) is 0 Å². The lowest BCUT2D eigenvalue weighted by atomic mass is 9.59. The lowest BCUT2D eigenvalue weighted by Crippen LogP contribution is -2.60. The van der Waals surface area contributed by atoms with Crippen molar-refractivity contribution in [1.82, 2.24) is 5.32 Å². The molecule has 1 aliphatic heterocycles. The molecular weight excluding hydrogens is 322 g/mol. The topological polar surface area (TPSA) is 38.3 Å². The Morgan fingerprint density at radius 2 is 2.04 bits per heavy atom. The van der Waals surface area contributed by atoms with Gasteiger partial charge in [0.05, 0.1) is 6.10 Å². The molecule has 5 atom stereocenters. The Morgan fingerprint density at radius 1 is 1.27 bits per heavy atom. The summed E-state index contributed by atoms with van der Waals surface area (Å²) in [7, 11) is 0. The zero-order valence-electron chi connectivity index (χ0n) is 16.5. The molecule has 2 aliphatic carbocycles. The van der Waals surface area contributed by atoms with Crippen molar-refractivity contribution in [3.05, 3.63) is 35.9 Å². The van der Waals surface area contributed by atoms with E-state index in [2.05, 4.69) is 56.4 Å². The Balaban J connectivity index is 1.59. The number of hydrogen-bond acceptors (Lipinski definition) is 2. The zero-order chi connectivity index (χ0) is 18.4. The minimum atomic E-state index is 0.189. The van der Waals surface area contributed by atoms with E-state index >= 15 is 0 Å². The summed E-state index contributed by atoms with van der Waals surface area (Å²) in [6.07, 6.45) is 6.45. The first-order chi connectivity index (χ1) is 12.5. The molecule has 2 saturated carbocycles. The van der Waals surface area contributed by atoms with E-state index in [0.29, 0.717) is 24.3 Å². The van der Waals surface area contributed by atoms with Crippen LogP contribution in [0.15, 0.2) is 30.3 Å². The smallest absolute Gasteiger partial charge is 0.220 e. The van der Waals surface area contributed by atoms with Crippen LogP contribution in [0.5, 0.6) is 0 Å². The SMILES string of the molecule is CCCC(=O)N[C@H]1C(C)(C)[C@@H]2C[C@@H]3[C@@H](Cc4ccccc4)OCCC31C2. The van der Waals surface area contributed by atoms with Gasteiger partial charge in [0.2, 0.25) is 5.91 Å². The molecule has 1 aromatic rings. The summed E-state index contributed by atoms with van der Waals surface area (Å²) >= 11 is 0. The molecule has 3 fully saturated rings. The first-order valence-electron chi connectivity index (χ1n) is 10.4. The molecule has 0 aromatic heterocycles. The summed E-state index contributed by atoms with van der Waals surface area (Å²) in [5, 5.41) is 3.48. The first kappa shape index (κ1) is 18.0. The van der Waals surface area contributed by atoms with Crippen LogP contribution in [-0.4, -0.2) is 24.7 Å². The zero-order valence-corrected chi connectivity index (χ0v) is 16.5. The van der Waals surface area contributed by atoms with E-state index in [1.165, 1.54) is 18.4 Å². The maximum Gasteiger partial charge on any atom is 0.220 e. The Labute approximate surface area is 157 Å². The van der Waals surface area contributed by atoms with Gasteiger partial charge in [-0.25, -0.2) is 0 Å². The van der Waals surface area contributed by atoms with Gasteiger partial charge in [0, 0.05) is 19.1 Å². The van der Waals surface area contributed by atoms with Gasteiger partial charge in [-0.3, -0.25) is 4.79 Å². The second-order valence-corrected chi connectivity index (χ2v) is 9.40. The van der Waals surface area contributed by atoms with Crippen molar-refractivity contribution in [1.29, 1.82) is 0 Å². The monoisotopic (exact) mass is 355 g/mol. The molecule has 3 heteroatoms. The fourth-order valence-corrected chi connectivity index (χ4v) is 6.42. The minimum absolute atomic E-state index is 0.189. The quantitative estimate of drug-likeness (QED) is 0.852. The Hall–Kier alpha value is -1.35. The maximum absolute atomic E-state index is 12.5. The van der Waals surface area contributed by atoms with Gasteiger partial charge in [-0.15, -0.1) is 0 Å². The highest BCUT2D eigenvalue weighted by Crippen LogP contribution is 2.68. The standard InChI is InChI=1S/C23H33NO2/c1-4-8-20(25)24-21-22(2,3)17-14-18-19(13-16-9-6-5-7-10-16)26-12-11-23(18,21)15-17/h5-7,9-10,17-19,21H,4,8,11-15H2,1-3H3,(H,24,25)/t17-,18-,19-,21+,23?/m1/s1. The molecule has 1 aromatic carbocycles. The first-order valence-corrected chi connectivity index (χ1v) is 10.4. The van der Waals surface area contributed by atoms with Crippen LogP contribution in [0.3, 0.4) is 0 Å². The van der Waals surface area contributed by atoms with Gasteiger partial charge in [0.1, 0.15) is 0 Å². The van der Waals surface area contributed by atoms with E-state index in [1.54, 1.807) is 0 Å². The van der Waals surface area contributed by atoms with E-state index in [0.717, 1.165) is 25.9 Å². The highest BCUT2D eigenvalue weighted by Gasteiger charge is 2.68. The van der Waals surface area contributed by atoms with Gasteiger partial charge < -0.3 is 10.1 Å². The molecule has 1 saturated heterocycles. The lowest BCUT2D eigenvalue weighted by Gasteiger charge is -2.53. The molecule has 3 aliphatic rings. The summed E-state index contributed by atoms with van der Waals surface area (Å²) in [6.45, 7) is 7.66. The van der Waals surface area contributed by atoms with E-state index < -0.39 is 0 Å². The second kappa shape index (κ2) is 6.67.